The number of nitrogens with one attached hydrogen (secondary N) is 1. The van der Waals surface area contributed by atoms with Crippen LogP contribution in [0.5, 0.6) is 11.5 Å². The fourth-order valence-corrected chi connectivity index (χ4v) is 2.65. The summed E-state index contributed by atoms with van der Waals surface area (Å²) in [5.41, 5.74) is 1.13. The first-order valence-corrected chi connectivity index (χ1v) is 9.54. The lowest BCUT2D eigenvalue weighted by atomic mass is 10.1. The number of carbonyl (C=O) groups is 3. The molecule has 0 aliphatic rings. The van der Waals surface area contributed by atoms with E-state index < -0.39 is 17.8 Å². The number of benzene rings is 2. The van der Waals surface area contributed by atoms with Gasteiger partial charge in [0.15, 0.2) is 11.5 Å². The van der Waals surface area contributed by atoms with Crippen molar-refractivity contribution in [3.8, 4) is 11.5 Å². The van der Waals surface area contributed by atoms with Crippen LogP contribution in [0.1, 0.15) is 39.6 Å². The summed E-state index contributed by atoms with van der Waals surface area (Å²) >= 11 is 0. The van der Waals surface area contributed by atoms with Gasteiger partial charge < -0.3 is 24.3 Å². The Morgan fingerprint density at radius 1 is 0.935 bits per heavy atom. The molecule has 2 rings (SSSR count). The SMILES string of the molecule is CCCOc1ccc(C=CC(=O)Nc2cc(C(=O)OC)ccc2C(=O)OC)cc1OC. The van der Waals surface area contributed by atoms with Crippen LogP contribution in [0.15, 0.2) is 42.5 Å². The number of amides is 1. The number of ether oxygens (including phenoxy) is 4. The Kier molecular flexibility index (Phi) is 8.63. The Balaban J connectivity index is 2.22. The standard InChI is InChI=1S/C23H25NO7/c1-5-12-31-19-10-6-15(13-20(19)28-2)7-11-21(25)24-18-14-16(22(26)29-3)8-9-17(18)23(27)30-4/h6-11,13-14H,5,12H2,1-4H3,(H,24,25). The number of methoxy groups -OCH3 is 3. The van der Waals surface area contributed by atoms with Gasteiger partial charge in [-0.15, -0.1) is 0 Å². The molecule has 0 radical (unpaired) electrons. The van der Waals surface area contributed by atoms with Gasteiger partial charge in [0.1, 0.15) is 0 Å². The van der Waals surface area contributed by atoms with Gasteiger partial charge in [-0.05, 0) is 48.4 Å². The Morgan fingerprint density at radius 2 is 1.68 bits per heavy atom. The molecule has 164 valence electrons. The van der Waals surface area contributed by atoms with Crippen LogP contribution in [0.4, 0.5) is 5.69 Å². The van der Waals surface area contributed by atoms with Gasteiger partial charge in [-0.3, -0.25) is 4.79 Å². The molecule has 0 aliphatic heterocycles. The van der Waals surface area contributed by atoms with E-state index in [9.17, 15) is 14.4 Å². The molecule has 0 unspecified atom stereocenters. The molecule has 0 heterocycles. The number of esters is 2. The highest BCUT2D eigenvalue weighted by Gasteiger charge is 2.16. The lowest BCUT2D eigenvalue weighted by Gasteiger charge is -2.11. The minimum Gasteiger partial charge on any atom is -0.493 e. The zero-order valence-corrected chi connectivity index (χ0v) is 17.9. The molecule has 0 aliphatic carbocycles. The maximum Gasteiger partial charge on any atom is 0.339 e. The Hall–Kier alpha value is -3.81. The lowest BCUT2D eigenvalue weighted by Crippen LogP contribution is -2.14. The Labute approximate surface area is 180 Å². The van der Waals surface area contributed by atoms with E-state index in [1.807, 2.05) is 6.92 Å². The van der Waals surface area contributed by atoms with Crippen molar-refractivity contribution in [1.82, 2.24) is 0 Å². The van der Waals surface area contributed by atoms with Gasteiger partial charge in [-0.2, -0.15) is 0 Å². The van der Waals surface area contributed by atoms with Crippen molar-refractivity contribution in [2.24, 2.45) is 0 Å². The van der Waals surface area contributed by atoms with Crippen LogP contribution in [0.3, 0.4) is 0 Å². The second-order valence-electron chi connectivity index (χ2n) is 6.32. The van der Waals surface area contributed by atoms with E-state index in [2.05, 4.69) is 10.1 Å². The summed E-state index contributed by atoms with van der Waals surface area (Å²) in [6.45, 7) is 2.58. The fourth-order valence-electron chi connectivity index (χ4n) is 2.65. The van der Waals surface area contributed by atoms with Crippen molar-refractivity contribution in [3.63, 3.8) is 0 Å². The minimum atomic E-state index is -0.650. The first-order chi connectivity index (χ1) is 14.9. The van der Waals surface area contributed by atoms with Crippen LogP contribution in [0, 0.1) is 0 Å². The fraction of sp³-hybridized carbons (Fsp3) is 0.261. The molecular formula is C23H25NO7. The molecule has 2 aromatic rings. The van der Waals surface area contributed by atoms with Crippen LogP contribution in [-0.2, 0) is 14.3 Å². The predicted octanol–water partition coefficient (Wildman–Crippen LogP) is 3.71. The van der Waals surface area contributed by atoms with E-state index in [1.54, 1.807) is 24.3 Å². The van der Waals surface area contributed by atoms with E-state index in [4.69, 9.17) is 14.2 Å². The quantitative estimate of drug-likeness (QED) is 0.481. The van der Waals surface area contributed by atoms with E-state index in [0.717, 1.165) is 6.42 Å². The van der Waals surface area contributed by atoms with Crippen molar-refractivity contribution in [2.45, 2.75) is 13.3 Å². The topological polar surface area (TPSA) is 100 Å². The second kappa shape index (κ2) is 11.4. The van der Waals surface area contributed by atoms with Gasteiger partial charge in [0.05, 0.1) is 44.8 Å². The molecule has 0 spiro atoms. The van der Waals surface area contributed by atoms with Gasteiger partial charge in [-0.1, -0.05) is 13.0 Å². The summed E-state index contributed by atoms with van der Waals surface area (Å²) in [5.74, 6) is -0.580. The smallest absolute Gasteiger partial charge is 0.339 e. The Morgan fingerprint density at radius 3 is 2.32 bits per heavy atom. The monoisotopic (exact) mass is 427 g/mol. The third-order valence-electron chi connectivity index (χ3n) is 4.18. The van der Waals surface area contributed by atoms with Crippen LogP contribution in [-0.4, -0.2) is 45.8 Å². The molecule has 0 atom stereocenters. The number of hydrogen-bond donors (Lipinski definition) is 1. The molecule has 0 saturated heterocycles. The van der Waals surface area contributed by atoms with Crippen LogP contribution in [0.25, 0.3) is 6.08 Å². The summed E-state index contributed by atoms with van der Waals surface area (Å²) in [4.78, 5) is 36.2. The zero-order chi connectivity index (χ0) is 22.8. The molecule has 0 saturated carbocycles. The summed E-state index contributed by atoms with van der Waals surface area (Å²) in [7, 11) is 4.00. The number of rotatable bonds is 9. The summed E-state index contributed by atoms with van der Waals surface area (Å²) in [6.07, 6.45) is 3.76. The van der Waals surface area contributed by atoms with Crippen molar-refractivity contribution in [3.05, 3.63) is 59.2 Å². The third kappa shape index (κ3) is 6.33. The highest BCUT2D eigenvalue weighted by molar-refractivity contribution is 6.07. The van der Waals surface area contributed by atoms with Gasteiger partial charge in [0.2, 0.25) is 5.91 Å². The maximum atomic E-state index is 12.4. The average molecular weight is 427 g/mol. The van der Waals surface area contributed by atoms with Crippen molar-refractivity contribution >= 4 is 29.6 Å². The average Bonchev–Trinajstić information content (AvgIpc) is 2.80. The van der Waals surface area contributed by atoms with E-state index in [0.29, 0.717) is 23.7 Å². The molecule has 8 heteroatoms. The molecule has 8 nitrogen and oxygen atoms in total. The predicted molar refractivity (Wildman–Crippen MR) is 116 cm³/mol. The largest absolute Gasteiger partial charge is 0.493 e. The van der Waals surface area contributed by atoms with Gasteiger partial charge in [-0.25, -0.2) is 9.59 Å². The van der Waals surface area contributed by atoms with Gasteiger partial charge in [0.25, 0.3) is 0 Å². The molecule has 1 N–H and O–H groups in total. The Bertz CT molecular complexity index is 982. The molecular weight excluding hydrogens is 402 g/mol. The number of anilines is 1. The molecule has 31 heavy (non-hydrogen) atoms. The molecule has 1 amide bonds. The summed E-state index contributed by atoms with van der Waals surface area (Å²) in [5, 5.41) is 2.59. The third-order valence-corrected chi connectivity index (χ3v) is 4.18. The number of carbonyl (C=O) groups excluding carboxylic acids is 3. The maximum absolute atomic E-state index is 12.4. The normalized spacial score (nSPS) is 10.5. The van der Waals surface area contributed by atoms with Crippen LogP contribution < -0.4 is 14.8 Å². The van der Waals surface area contributed by atoms with E-state index in [1.165, 1.54) is 45.6 Å². The zero-order valence-electron chi connectivity index (χ0n) is 17.9. The lowest BCUT2D eigenvalue weighted by molar-refractivity contribution is -0.111. The van der Waals surface area contributed by atoms with Crippen molar-refractivity contribution in [1.29, 1.82) is 0 Å². The molecule has 0 bridgehead atoms. The molecule has 0 fully saturated rings. The summed E-state index contributed by atoms with van der Waals surface area (Å²) < 4.78 is 20.4. The highest BCUT2D eigenvalue weighted by Crippen LogP contribution is 2.28. The summed E-state index contributed by atoms with van der Waals surface area (Å²) in [6, 6.07) is 9.45. The van der Waals surface area contributed by atoms with E-state index in [-0.39, 0.29) is 16.8 Å². The van der Waals surface area contributed by atoms with Crippen molar-refractivity contribution in [2.75, 3.05) is 33.3 Å². The number of hydrogen-bond acceptors (Lipinski definition) is 7. The van der Waals surface area contributed by atoms with Crippen LogP contribution >= 0.6 is 0 Å². The van der Waals surface area contributed by atoms with Crippen LogP contribution in [0.2, 0.25) is 0 Å². The van der Waals surface area contributed by atoms with Crippen molar-refractivity contribution < 1.29 is 33.3 Å². The molecule has 2 aromatic carbocycles. The molecule has 0 aromatic heterocycles. The van der Waals surface area contributed by atoms with Gasteiger partial charge >= 0.3 is 11.9 Å². The van der Waals surface area contributed by atoms with Gasteiger partial charge in [0, 0.05) is 6.08 Å². The minimum absolute atomic E-state index is 0.107. The van der Waals surface area contributed by atoms with E-state index >= 15 is 0 Å². The first kappa shape index (κ1) is 23.5. The highest BCUT2D eigenvalue weighted by atomic mass is 16.5. The second-order valence-corrected chi connectivity index (χ2v) is 6.32. The first-order valence-electron chi connectivity index (χ1n) is 9.54.